The van der Waals surface area contributed by atoms with Gasteiger partial charge in [-0.3, -0.25) is 0 Å². The molecule has 0 spiro atoms. The Morgan fingerprint density at radius 1 is 1.67 bits per heavy atom. The zero-order valence-corrected chi connectivity index (χ0v) is 5.71. The summed E-state index contributed by atoms with van der Waals surface area (Å²) in [6.07, 6.45) is 1.89. The molecule has 0 aromatic rings. The summed E-state index contributed by atoms with van der Waals surface area (Å²) in [6, 6.07) is 0. The molecule has 0 aromatic carbocycles. The van der Waals surface area contributed by atoms with Crippen LogP contribution in [0.3, 0.4) is 0 Å². The van der Waals surface area contributed by atoms with Crippen LogP contribution in [0, 0.1) is 0 Å². The summed E-state index contributed by atoms with van der Waals surface area (Å²) in [5.74, 6) is 0. The van der Waals surface area contributed by atoms with Crippen LogP contribution in [-0.2, 0) is 0 Å². The van der Waals surface area contributed by atoms with Crippen molar-refractivity contribution in [3.63, 3.8) is 0 Å². The van der Waals surface area contributed by atoms with Gasteiger partial charge >= 0.3 is 44.2 Å². The zero-order valence-electron chi connectivity index (χ0n) is 3.56. The van der Waals surface area contributed by atoms with E-state index in [4.69, 9.17) is 0 Å². The standard InChI is InChI=1S/C4H6IN/c1-5-2-3-6-4-5/h2-4H,1H3. The van der Waals surface area contributed by atoms with Crippen LogP contribution in [0.25, 0.3) is 0 Å². The molecule has 0 saturated carbocycles. The van der Waals surface area contributed by atoms with Crippen molar-refractivity contribution in [1.82, 2.24) is 0 Å². The van der Waals surface area contributed by atoms with Gasteiger partial charge in [-0.25, -0.2) is 0 Å². The molecule has 1 aliphatic rings. The molecule has 0 radical (unpaired) electrons. The quantitative estimate of drug-likeness (QED) is 0.411. The van der Waals surface area contributed by atoms with Crippen molar-refractivity contribution < 1.29 is 0 Å². The van der Waals surface area contributed by atoms with E-state index in [1.807, 2.05) is 6.20 Å². The van der Waals surface area contributed by atoms with Crippen molar-refractivity contribution in [3.05, 3.63) is 10.3 Å². The molecular weight excluding hydrogens is 189 g/mol. The summed E-state index contributed by atoms with van der Waals surface area (Å²) in [4.78, 5) is 6.19. The molecule has 1 rings (SSSR count). The molecule has 6 heavy (non-hydrogen) atoms. The third-order valence-electron chi connectivity index (χ3n) is 0.551. The van der Waals surface area contributed by atoms with Crippen LogP contribution in [0.5, 0.6) is 0 Å². The predicted molar refractivity (Wildman–Crippen MR) is 37.6 cm³/mol. The summed E-state index contributed by atoms with van der Waals surface area (Å²) < 4.78 is 4.29. The number of hydrogen-bond acceptors (Lipinski definition) is 1. The number of halogens is 1. The van der Waals surface area contributed by atoms with E-state index in [0.29, 0.717) is 0 Å². The van der Waals surface area contributed by atoms with Gasteiger partial charge in [-0.2, -0.15) is 0 Å². The molecular formula is C4H6IN. The van der Waals surface area contributed by atoms with E-state index in [9.17, 15) is 0 Å². The van der Waals surface area contributed by atoms with Gasteiger partial charge in [0.15, 0.2) is 0 Å². The van der Waals surface area contributed by atoms with Crippen LogP contribution in [0.4, 0.5) is 0 Å². The molecule has 1 aliphatic heterocycles. The van der Waals surface area contributed by atoms with Gasteiger partial charge in [0.25, 0.3) is 0 Å². The second-order valence-corrected chi connectivity index (χ2v) is 5.57. The second-order valence-electron chi connectivity index (χ2n) is 1.08. The summed E-state index contributed by atoms with van der Waals surface area (Å²) in [5, 5.41) is 0. The third-order valence-corrected chi connectivity index (χ3v) is 3.21. The van der Waals surface area contributed by atoms with Gasteiger partial charge in [0, 0.05) is 0 Å². The van der Waals surface area contributed by atoms with Gasteiger partial charge in [0.05, 0.1) is 0 Å². The summed E-state index contributed by atoms with van der Waals surface area (Å²) in [6.45, 7) is 0. The van der Waals surface area contributed by atoms with E-state index in [-0.39, 0.29) is 0 Å². The Morgan fingerprint density at radius 3 is 2.67 bits per heavy atom. The molecule has 0 fully saturated rings. The van der Waals surface area contributed by atoms with Crippen LogP contribution < -0.4 is 0 Å². The Morgan fingerprint density at radius 2 is 2.50 bits per heavy atom. The van der Waals surface area contributed by atoms with Crippen molar-refractivity contribution in [2.45, 2.75) is 0 Å². The first-order chi connectivity index (χ1) is 2.89. The van der Waals surface area contributed by atoms with Crippen LogP contribution in [0.2, 0.25) is 0 Å². The summed E-state index contributed by atoms with van der Waals surface area (Å²) in [7, 11) is 0. The maximum absolute atomic E-state index is 3.93. The normalized spacial score (nSPS) is 23.2. The number of aliphatic imine (C=N–C) groups is 1. The molecule has 0 amide bonds. The first-order valence-corrected chi connectivity index (χ1v) is 6.31. The first kappa shape index (κ1) is 4.30. The molecule has 0 atom stereocenters. The van der Waals surface area contributed by atoms with E-state index in [1.54, 1.807) is 0 Å². The molecule has 0 bridgehead atoms. The number of rotatable bonds is 0. The van der Waals surface area contributed by atoms with Gasteiger partial charge in [-0.05, 0) is 0 Å². The van der Waals surface area contributed by atoms with Crippen molar-refractivity contribution in [2.24, 2.45) is 4.99 Å². The number of alkyl halides is 1. The van der Waals surface area contributed by atoms with E-state index in [0.717, 1.165) is 0 Å². The van der Waals surface area contributed by atoms with E-state index >= 15 is 0 Å². The molecule has 0 N–H and O–H groups in total. The first-order valence-electron chi connectivity index (χ1n) is 1.66. The van der Waals surface area contributed by atoms with Crippen molar-refractivity contribution in [3.8, 4) is 0 Å². The topological polar surface area (TPSA) is 12.4 Å². The average Bonchev–Trinajstić information content (AvgIpc) is 1.86. The molecule has 0 aliphatic carbocycles. The summed E-state index contributed by atoms with van der Waals surface area (Å²) in [5.41, 5.74) is 0. The fourth-order valence-electron chi connectivity index (χ4n) is 0.275. The van der Waals surface area contributed by atoms with Gasteiger partial charge in [0.1, 0.15) is 0 Å². The van der Waals surface area contributed by atoms with E-state index < -0.39 is 19.8 Å². The van der Waals surface area contributed by atoms with Gasteiger partial charge in [0.2, 0.25) is 0 Å². The Labute approximate surface area is 44.5 Å². The second kappa shape index (κ2) is 1.73. The van der Waals surface area contributed by atoms with Crippen LogP contribution in [-0.4, -0.2) is 9.15 Å². The summed E-state index contributed by atoms with van der Waals surface area (Å²) >= 11 is -0.662. The van der Waals surface area contributed by atoms with Crippen LogP contribution >= 0.6 is 19.8 Å². The van der Waals surface area contributed by atoms with Gasteiger partial charge in [-0.1, -0.05) is 0 Å². The fourth-order valence-corrected chi connectivity index (χ4v) is 1.85. The predicted octanol–water partition coefficient (Wildman–Crippen LogP) is 1.64. The minimum absolute atomic E-state index is 0.662. The SMILES string of the molecule is CI1C=CN=C1. The van der Waals surface area contributed by atoms with E-state index in [2.05, 4.69) is 18.2 Å². The Balaban J connectivity index is 2.60. The molecule has 2 heteroatoms. The molecule has 0 aromatic heterocycles. The molecule has 1 nitrogen and oxygen atoms in total. The zero-order chi connectivity index (χ0) is 4.41. The fraction of sp³-hybridized carbons (Fsp3) is 0.250. The Bertz CT molecular complexity index is 83.7. The van der Waals surface area contributed by atoms with Gasteiger partial charge in [-0.15, -0.1) is 0 Å². The van der Waals surface area contributed by atoms with E-state index in [1.165, 1.54) is 0 Å². The van der Waals surface area contributed by atoms with Crippen molar-refractivity contribution >= 4 is 24.0 Å². The maximum atomic E-state index is 3.93. The number of nitrogens with zero attached hydrogens (tertiary/aromatic N) is 1. The Hall–Kier alpha value is 0.140. The van der Waals surface area contributed by atoms with Crippen LogP contribution in [0.15, 0.2) is 15.3 Å². The average molecular weight is 195 g/mol. The Kier molecular flexibility index (Phi) is 1.24. The monoisotopic (exact) mass is 195 g/mol. The molecule has 0 unspecified atom stereocenters. The van der Waals surface area contributed by atoms with Crippen LogP contribution in [0.1, 0.15) is 0 Å². The number of hydrogen-bond donors (Lipinski definition) is 0. The van der Waals surface area contributed by atoms with Crippen molar-refractivity contribution in [2.75, 3.05) is 4.93 Å². The molecule has 34 valence electrons. The van der Waals surface area contributed by atoms with Gasteiger partial charge < -0.3 is 0 Å². The minimum atomic E-state index is -0.662. The third kappa shape index (κ3) is 0.801. The van der Waals surface area contributed by atoms with Crippen molar-refractivity contribution in [1.29, 1.82) is 0 Å². The molecule has 1 heterocycles. The molecule has 0 saturated heterocycles.